The van der Waals surface area contributed by atoms with Crippen LogP contribution in [0.1, 0.15) is 20.3 Å². The molecule has 0 radical (unpaired) electrons. The van der Waals surface area contributed by atoms with E-state index in [1.165, 1.54) is 0 Å². The Morgan fingerprint density at radius 3 is 2.65 bits per heavy atom. The monoisotopic (exact) mass is 245 g/mol. The average Bonchev–Trinajstić information content (AvgIpc) is 2.23. The lowest BCUT2D eigenvalue weighted by atomic mass is 10.2. The van der Waals surface area contributed by atoms with Gasteiger partial charge in [0.05, 0.1) is 13.2 Å². The molecule has 17 heavy (non-hydrogen) atoms. The van der Waals surface area contributed by atoms with Gasteiger partial charge >= 0.3 is 0 Å². The maximum absolute atomic E-state index is 11.5. The van der Waals surface area contributed by atoms with Crippen molar-refractivity contribution in [3.8, 4) is 0 Å². The van der Waals surface area contributed by atoms with Crippen LogP contribution in [0.4, 0.5) is 0 Å². The largest absolute Gasteiger partial charge is 0.378 e. The summed E-state index contributed by atoms with van der Waals surface area (Å²) in [5.41, 5.74) is 0. The zero-order chi connectivity index (χ0) is 13.1. The molecule has 1 amide bonds. The zero-order valence-corrected chi connectivity index (χ0v) is 11.6. The van der Waals surface area contributed by atoms with Gasteiger partial charge in [-0.05, 0) is 27.6 Å². The Hall–Kier alpha value is -0.650. The molecular formula is C12H27N3O2. The van der Waals surface area contributed by atoms with Crippen molar-refractivity contribution in [3.63, 3.8) is 0 Å². The molecule has 0 aromatic heterocycles. The molecule has 0 aliphatic carbocycles. The summed E-state index contributed by atoms with van der Waals surface area (Å²) < 4.78 is 5.38. The minimum Gasteiger partial charge on any atom is -0.378 e. The molecule has 0 aromatic carbocycles. The first-order chi connectivity index (χ1) is 8.06. The lowest BCUT2D eigenvalue weighted by molar-refractivity contribution is -0.121. The normalized spacial score (nSPS) is 12.8. The van der Waals surface area contributed by atoms with E-state index in [0.717, 1.165) is 13.1 Å². The van der Waals surface area contributed by atoms with Gasteiger partial charge in [-0.25, -0.2) is 0 Å². The van der Waals surface area contributed by atoms with Gasteiger partial charge in [0, 0.05) is 25.6 Å². The highest BCUT2D eigenvalue weighted by Gasteiger charge is 2.06. The molecule has 0 aromatic rings. The molecule has 0 aliphatic rings. The maximum Gasteiger partial charge on any atom is 0.221 e. The van der Waals surface area contributed by atoms with Gasteiger partial charge in [-0.1, -0.05) is 6.92 Å². The number of nitrogens with one attached hydrogen (secondary N) is 2. The fraction of sp³-hybridized carbons (Fsp3) is 0.917. The predicted molar refractivity (Wildman–Crippen MR) is 70.1 cm³/mol. The van der Waals surface area contributed by atoms with Crippen molar-refractivity contribution in [1.29, 1.82) is 0 Å². The minimum atomic E-state index is 0.0784. The molecule has 102 valence electrons. The van der Waals surface area contributed by atoms with Gasteiger partial charge in [-0.3, -0.25) is 4.79 Å². The van der Waals surface area contributed by atoms with Crippen molar-refractivity contribution in [3.05, 3.63) is 0 Å². The van der Waals surface area contributed by atoms with Gasteiger partial charge in [0.1, 0.15) is 0 Å². The van der Waals surface area contributed by atoms with Crippen LogP contribution < -0.4 is 10.6 Å². The summed E-state index contributed by atoms with van der Waals surface area (Å²) in [6.07, 6.45) is 0.519. The van der Waals surface area contributed by atoms with Gasteiger partial charge < -0.3 is 20.3 Å². The number of hydrogen-bond acceptors (Lipinski definition) is 4. The Labute approximate surface area is 105 Å². The van der Waals surface area contributed by atoms with Crippen LogP contribution in [0.2, 0.25) is 0 Å². The van der Waals surface area contributed by atoms with E-state index in [1.54, 1.807) is 0 Å². The lowest BCUT2D eigenvalue weighted by Gasteiger charge is -2.13. The number of carbonyl (C=O) groups is 1. The van der Waals surface area contributed by atoms with Crippen LogP contribution in [0.3, 0.4) is 0 Å². The third kappa shape index (κ3) is 11.6. The first-order valence-electron chi connectivity index (χ1n) is 6.28. The van der Waals surface area contributed by atoms with Crippen LogP contribution >= 0.6 is 0 Å². The highest BCUT2D eigenvalue weighted by Crippen LogP contribution is 1.89. The summed E-state index contributed by atoms with van der Waals surface area (Å²) in [4.78, 5) is 13.5. The Morgan fingerprint density at radius 1 is 1.35 bits per heavy atom. The number of amides is 1. The smallest absolute Gasteiger partial charge is 0.221 e. The van der Waals surface area contributed by atoms with Crippen molar-refractivity contribution >= 4 is 5.91 Å². The second kappa shape index (κ2) is 10.5. The minimum absolute atomic E-state index is 0.0784. The number of nitrogens with zero attached hydrogens (tertiary/aromatic N) is 1. The molecule has 0 saturated carbocycles. The molecule has 2 N–H and O–H groups in total. The van der Waals surface area contributed by atoms with E-state index in [9.17, 15) is 4.79 Å². The highest BCUT2D eigenvalue weighted by atomic mass is 16.5. The first kappa shape index (κ1) is 16.4. The van der Waals surface area contributed by atoms with Gasteiger partial charge in [0.2, 0.25) is 5.91 Å². The third-order valence-corrected chi connectivity index (χ3v) is 2.30. The van der Waals surface area contributed by atoms with Crippen molar-refractivity contribution in [2.45, 2.75) is 26.3 Å². The van der Waals surface area contributed by atoms with E-state index in [0.29, 0.717) is 26.2 Å². The first-order valence-corrected chi connectivity index (χ1v) is 6.28. The van der Waals surface area contributed by atoms with Crippen molar-refractivity contribution in [2.75, 3.05) is 46.9 Å². The van der Waals surface area contributed by atoms with E-state index in [1.807, 2.05) is 27.9 Å². The molecule has 0 rings (SSSR count). The highest BCUT2D eigenvalue weighted by molar-refractivity contribution is 5.76. The van der Waals surface area contributed by atoms with Gasteiger partial charge in [0.25, 0.3) is 0 Å². The van der Waals surface area contributed by atoms with Crippen LogP contribution in [0.25, 0.3) is 0 Å². The number of ether oxygens (including phenoxy) is 1. The number of rotatable bonds is 10. The SMILES string of the molecule is CCNC(C)CC(=O)NCCOCCN(C)C. The standard InChI is InChI=1S/C12H27N3O2/c1-5-13-11(2)10-12(16)14-6-8-17-9-7-15(3)4/h11,13H,5-10H2,1-4H3,(H,14,16). The van der Waals surface area contributed by atoms with Crippen molar-refractivity contribution in [2.24, 2.45) is 0 Å². The fourth-order valence-electron chi connectivity index (χ4n) is 1.38. The van der Waals surface area contributed by atoms with Crippen molar-refractivity contribution in [1.82, 2.24) is 15.5 Å². The molecule has 1 unspecified atom stereocenters. The van der Waals surface area contributed by atoms with E-state index in [4.69, 9.17) is 4.74 Å². The van der Waals surface area contributed by atoms with Crippen LogP contribution in [0.5, 0.6) is 0 Å². The molecule has 0 spiro atoms. The van der Waals surface area contributed by atoms with Crippen LogP contribution in [0, 0.1) is 0 Å². The lowest BCUT2D eigenvalue weighted by Crippen LogP contribution is -2.35. The van der Waals surface area contributed by atoms with Crippen LogP contribution in [0.15, 0.2) is 0 Å². The zero-order valence-electron chi connectivity index (χ0n) is 11.6. The summed E-state index contributed by atoms with van der Waals surface area (Å²) in [6.45, 7) is 7.72. The molecule has 0 bridgehead atoms. The Kier molecular flexibility index (Phi) is 10.1. The average molecular weight is 245 g/mol. The molecular weight excluding hydrogens is 218 g/mol. The number of likely N-dealkylation sites (N-methyl/N-ethyl adjacent to an activating group) is 1. The second-order valence-electron chi connectivity index (χ2n) is 4.43. The van der Waals surface area contributed by atoms with Crippen molar-refractivity contribution < 1.29 is 9.53 Å². The van der Waals surface area contributed by atoms with E-state index < -0.39 is 0 Å². The molecule has 0 heterocycles. The second-order valence-corrected chi connectivity index (χ2v) is 4.43. The molecule has 0 fully saturated rings. The molecule has 5 nitrogen and oxygen atoms in total. The summed E-state index contributed by atoms with van der Waals surface area (Å²) in [6, 6.07) is 0.231. The maximum atomic E-state index is 11.5. The summed E-state index contributed by atoms with van der Waals surface area (Å²) in [5.74, 6) is 0.0784. The van der Waals surface area contributed by atoms with Gasteiger partial charge in [-0.2, -0.15) is 0 Å². The molecule has 5 heteroatoms. The van der Waals surface area contributed by atoms with Crippen LogP contribution in [-0.2, 0) is 9.53 Å². The quantitative estimate of drug-likeness (QED) is 0.535. The number of hydrogen-bond donors (Lipinski definition) is 2. The Morgan fingerprint density at radius 2 is 2.06 bits per heavy atom. The predicted octanol–water partition coefficient (Wildman–Crippen LogP) is 0.0689. The Bertz CT molecular complexity index is 198. The Balaban J connectivity index is 3.33. The molecule has 0 aliphatic heterocycles. The van der Waals surface area contributed by atoms with Gasteiger partial charge in [-0.15, -0.1) is 0 Å². The third-order valence-electron chi connectivity index (χ3n) is 2.30. The van der Waals surface area contributed by atoms with E-state index in [2.05, 4.69) is 15.5 Å². The van der Waals surface area contributed by atoms with Crippen LogP contribution in [-0.4, -0.2) is 63.8 Å². The summed E-state index contributed by atoms with van der Waals surface area (Å²) >= 11 is 0. The summed E-state index contributed by atoms with van der Waals surface area (Å²) in [5, 5.41) is 6.04. The fourth-order valence-corrected chi connectivity index (χ4v) is 1.38. The molecule has 1 atom stereocenters. The summed E-state index contributed by atoms with van der Waals surface area (Å²) in [7, 11) is 4.01. The molecule has 0 saturated heterocycles. The van der Waals surface area contributed by atoms with Gasteiger partial charge in [0.15, 0.2) is 0 Å². The van der Waals surface area contributed by atoms with E-state index >= 15 is 0 Å². The van der Waals surface area contributed by atoms with E-state index in [-0.39, 0.29) is 11.9 Å². The topological polar surface area (TPSA) is 53.6 Å². The number of carbonyl (C=O) groups excluding carboxylic acids is 1.